The van der Waals surface area contributed by atoms with Gasteiger partial charge in [-0.05, 0) is 48.3 Å². The summed E-state index contributed by atoms with van der Waals surface area (Å²) in [6.07, 6.45) is 0.889. The van der Waals surface area contributed by atoms with Crippen LogP contribution in [-0.2, 0) is 11.2 Å². The number of hydrogen-bond donors (Lipinski definition) is 2. The van der Waals surface area contributed by atoms with Gasteiger partial charge in [0.2, 0.25) is 5.91 Å². The van der Waals surface area contributed by atoms with Crippen molar-refractivity contribution in [3.63, 3.8) is 0 Å². The Balaban J connectivity index is 1.80. The zero-order valence-corrected chi connectivity index (χ0v) is 14.4. The second-order valence-corrected chi connectivity index (χ2v) is 8.06. The van der Waals surface area contributed by atoms with Crippen LogP contribution in [-0.4, -0.2) is 49.1 Å². The number of thiophene rings is 1. The third-order valence-electron chi connectivity index (χ3n) is 3.75. The molecule has 1 aromatic rings. The van der Waals surface area contributed by atoms with Gasteiger partial charge in [-0.3, -0.25) is 9.69 Å². The van der Waals surface area contributed by atoms with E-state index in [9.17, 15) is 4.79 Å². The van der Waals surface area contributed by atoms with Gasteiger partial charge in [-0.1, -0.05) is 0 Å². The SMILES string of the molecule is CC(C)(C(=O)NCCc1ccc(Br)s1)N1CCNCC1. The van der Waals surface area contributed by atoms with E-state index in [0.717, 1.165) is 36.4 Å². The molecule has 0 bridgehead atoms. The van der Waals surface area contributed by atoms with Crippen LogP contribution < -0.4 is 10.6 Å². The summed E-state index contributed by atoms with van der Waals surface area (Å²) in [6.45, 7) is 8.49. The summed E-state index contributed by atoms with van der Waals surface area (Å²) in [5, 5.41) is 6.38. The Morgan fingerprint density at radius 2 is 2.15 bits per heavy atom. The average Bonchev–Trinajstić information content (AvgIpc) is 2.85. The van der Waals surface area contributed by atoms with Gasteiger partial charge in [-0.15, -0.1) is 11.3 Å². The van der Waals surface area contributed by atoms with Crippen molar-refractivity contribution in [1.29, 1.82) is 0 Å². The molecule has 0 aromatic carbocycles. The molecule has 2 N–H and O–H groups in total. The lowest BCUT2D eigenvalue weighted by Crippen LogP contribution is -2.60. The molecule has 6 heteroatoms. The molecule has 1 aliphatic heterocycles. The number of halogens is 1. The molecule has 0 atom stereocenters. The summed E-state index contributed by atoms with van der Waals surface area (Å²) in [6, 6.07) is 4.15. The molecule has 0 saturated carbocycles. The van der Waals surface area contributed by atoms with Crippen molar-refractivity contribution >= 4 is 33.2 Å². The molecule has 0 radical (unpaired) electrons. The molecule has 1 amide bonds. The smallest absolute Gasteiger partial charge is 0.239 e. The van der Waals surface area contributed by atoms with Crippen molar-refractivity contribution in [3.8, 4) is 0 Å². The zero-order chi connectivity index (χ0) is 14.6. The lowest BCUT2D eigenvalue weighted by atomic mass is 10.0. The van der Waals surface area contributed by atoms with Gasteiger partial charge >= 0.3 is 0 Å². The molecule has 2 rings (SSSR count). The number of carbonyl (C=O) groups is 1. The van der Waals surface area contributed by atoms with E-state index in [2.05, 4.69) is 37.5 Å². The van der Waals surface area contributed by atoms with Crippen LogP contribution in [0.1, 0.15) is 18.7 Å². The topological polar surface area (TPSA) is 44.4 Å². The Kier molecular flexibility index (Phi) is 5.60. The zero-order valence-electron chi connectivity index (χ0n) is 12.0. The van der Waals surface area contributed by atoms with Gasteiger partial charge in [0.25, 0.3) is 0 Å². The van der Waals surface area contributed by atoms with Crippen LogP contribution in [0.3, 0.4) is 0 Å². The first-order chi connectivity index (χ1) is 9.50. The molecular weight excluding hydrogens is 338 g/mol. The third-order valence-corrected chi connectivity index (χ3v) is 5.43. The van der Waals surface area contributed by atoms with Crippen LogP contribution >= 0.6 is 27.3 Å². The standard InChI is InChI=1S/C14H22BrN3OS/c1-14(2,18-9-7-16-8-10-18)13(19)17-6-5-11-3-4-12(15)20-11/h3-4,16H,5-10H2,1-2H3,(H,17,19). The maximum Gasteiger partial charge on any atom is 0.239 e. The molecular formula is C14H22BrN3OS. The van der Waals surface area contributed by atoms with Crippen molar-refractivity contribution in [1.82, 2.24) is 15.5 Å². The molecule has 1 fully saturated rings. The minimum atomic E-state index is -0.432. The predicted molar refractivity (Wildman–Crippen MR) is 87.3 cm³/mol. The van der Waals surface area contributed by atoms with Crippen molar-refractivity contribution in [2.24, 2.45) is 0 Å². The number of nitrogens with one attached hydrogen (secondary N) is 2. The van der Waals surface area contributed by atoms with Crippen molar-refractivity contribution in [2.45, 2.75) is 25.8 Å². The second-order valence-electron chi connectivity index (χ2n) is 5.51. The van der Waals surface area contributed by atoms with E-state index in [1.54, 1.807) is 11.3 Å². The summed E-state index contributed by atoms with van der Waals surface area (Å²) < 4.78 is 1.14. The van der Waals surface area contributed by atoms with E-state index < -0.39 is 5.54 Å². The molecule has 1 aromatic heterocycles. The van der Waals surface area contributed by atoms with Gasteiger partial charge in [0, 0.05) is 37.6 Å². The molecule has 0 aliphatic carbocycles. The van der Waals surface area contributed by atoms with Gasteiger partial charge in [0.1, 0.15) is 0 Å². The third kappa shape index (κ3) is 4.04. The van der Waals surface area contributed by atoms with Crippen LogP contribution in [0.25, 0.3) is 0 Å². The molecule has 0 unspecified atom stereocenters. The molecule has 1 aliphatic rings. The second kappa shape index (κ2) is 7.02. The molecule has 20 heavy (non-hydrogen) atoms. The first kappa shape index (κ1) is 15.9. The highest BCUT2D eigenvalue weighted by atomic mass is 79.9. The van der Waals surface area contributed by atoms with E-state index in [0.29, 0.717) is 6.54 Å². The quantitative estimate of drug-likeness (QED) is 0.843. The largest absolute Gasteiger partial charge is 0.354 e. The van der Waals surface area contributed by atoms with Crippen molar-refractivity contribution in [3.05, 3.63) is 20.8 Å². The maximum atomic E-state index is 12.4. The van der Waals surface area contributed by atoms with Crippen LogP contribution in [0.5, 0.6) is 0 Å². The van der Waals surface area contributed by atoms with Crippen LogP contribution in [0, 0.1) is 0 Å². The molecule has 112 valence electrons. The van der Waals surface area contributed by atoms with Crippen molar-refractivity contribution in [2.75, 3.05) is 32.7 Å². The predicted octanol–water partition coefficient (Wildman–Crippen LogP) is 1.85. The molecule has 2 heterocycles. The Morgan fingerprint density at radius 1 is 1.45 bits per heavy atom. The summed E-state index contributed by atoms with van der Waals surface area (Å²) in [4.78, 5) is 15.9. The van der Waals surface area contributed by atoms with E-state index in [4.69, 9.17) is 0 Å². The average molecular weight is 360 g/mol. The van der Waals surface area contributed by atoms with Crippen LogP contribution in [0.15, 0.2) is 15.9 Å². The number of amides is 1. The first-order valence-electron chi connectivity index (χ1n) is 6.98. The highest BCUT2D eigenvalue weighted by molar-refractivity contribution is 9.11. The fourth-order valence-electron chi connectivity index (χ4n) is 2.37. The molecule has 1 saturated heterocycles. The first-order valence-corrected chi connectivity index (χ1v) is 8.59. The Hall–Kier alpha value is -0.430. The summed E-state index contributed by atoms with van der Waals surface area (Å²) >= 11 is 5.18. The minimum Gasteiger partial charge on any atom is -0.354 e. The Morgan fingerprint density at radius 3 is 2.75 bits per heavy atom. The summed E-state index contributed by atoms with van der Waals surface area (Å²) in [5.74, 6) is 0.120. The van der Waals surface area contributed by atoms with E-state index in [-0.39, 0.29) is 5.91 Å². The number of nitrogens with zero attached hydrogens (tertiary/aromatic N) is 1. The minimum absolute atomic E-state index is 0.120. The van der Waals surface area contributed by atoms with Gasteiger partial charge in [-0.2, -0.15) is 0 Å². The highest BCUT2D eigenvalue weighted by Crippen LogP contribution is 2.22. The number of hydrogen-bond acceptors (Lipinski definition) is 4. The number of rotatable bonds is 5. The summed E-state index contributed by atoms with van der Waals surface area (Å²) in [5.41, 5.74) is -0.432. The number of carbonyl (C=O) groups excluding carboxylic acids is 1. The normalized spacial score (nSPS) is 17.1. The lowest BCUT2D eigenvalue weighted by molar-refractivity contribution is -0.132. The fraction of sp³-hybridized carbons (Fsp3) is 0.643. The van der Waals surface area contributed by atoms with E-state index in [1.807, 2.05) is 19.9 Å². The maximum absolute atomic E-state index is 12.4. The van der Waals surface area contributed by atoms with E-state index in [1.165, 1.54) is 4.88 Å². The van der Waals surface area contributed by atoms with Crippen LogP contribution in [0.4, 0.5) is 0 Å². The molecule has 4 nitrogen and oxygen atoms in total. The molecule has 0 spiro atoms. The Labute approximate surface area is 133 Å². The monoisotopic (exact) mass is 359 g/mol. The van der Waals surface area contributed by atoms with Gasteiger partial charge in [0.05, 0.1) is 9.33 Å². The van der Waals surface area contributed by atoms with E-state index >= 15 is 0 Å². The lowest BCUT2D eigenvalue weighted by Gasteiger charge is -2.39. The van der Waals surface area contributed by atoms with Crippen LogP contribution in [0.2, 0.25) is 0 Å². The highest BCUT2D eigenvalue weighted by Gasteiger charge is 2.34. The van der Waals surface area contributed by atoms with Gasteiger partial charge in [-0.25, -0.2) is 0 Å². The van der Waals surface area contributed by atoms with Gasteiger partial charge in [0.15, 0.2) is 0 Å². The Bertz CT molecular complexity index is 455. The number of piperazine rings is 1. The van der Waals surface area contributed by atoms with Crippen molar-refractivity contribution < 1.29 is 4.79 Å². The van der Waals surface area contributed by atoms with Gasteiger partial charge < -0.3 is 10.6 Å². The fourth-order valence-corrected chi connectivity index (χ4v) is 3.85. The summed E-state index contributed by atoms with van der Waals surface area (Å²) in [7, 11) is 0.